The van der Waals surface area contributed by atoms with Crippen molar-refractivity contribution in [2.45, 2.75) is 45.1 Å². The Labute approximate surface area is 205 Å². The van der Waals surface area contributed by atoms with Crippen LogP contribution in [0.4, 0.5) is 5.95 Å². The summed E-state index contributed by atoms with van der Waals surface area (Å²) in [4.78, 5) is 31.6. The van der Waals surface area contributed by atoms with Gasteiger partial charge in [-0.2, -0.15) is 4.98 Å². The largest absolute Gasteiger partial charge is 0.378 e. The second kappa shape index (κ2) is 9.41. The Morgan fingerprint density at radius 2 is 1.94 bits per heavy atom. The molecule has 2 aliphatic heterocycles. The first-order valence-corrected chi connectivity index (χ1v) is 12.9. The number of fused-ring (bicyclic) bond motifs is 2. The number of carbonyl (C=O) groups excluding carboxylic acids is 1. The smallest absolute Gasteiger partial charge is 0.228 e. The number of hydrogen-bond acceptors (Lipinski definition) is 6. The van der Waals surface area contributed by atoms with E-state index in [0.717, 1.165) is 80.2 Å². The van der Waals surface area contributed by atoms with E-state index in [2.05, 4.69) is 46.7 Å². The first kappa shape index (κ1) is 22.2. The monoisotopic (exact) mass is 472 g/mol. The lowest BCUT2D eigenvalue weighted by atomic mass is 10.00. The summed E-state index contributed by atoms with van der Waals surface area (Å²) in [5, 5.41) is 0. The summed E-state index contributed by atoms with van der Waals surface area (Å²) < 4.78 is 7.81. The number of likely N-dealkylation sites (tertiary alicyclic amines) is 1. The molecule has 6 rings (SSSR count). The van der Waals surface area contributed by atoms with Crippen molar-refractivity contribution in [3.63, 3.8) is 0 Å². The zero-order valence-corrected chi connectivity index (χ0v) is 20.3. The summed E-state index contributed by atoms with van der Waals surface area (Å²) in [5.41, 5.74) is 6.30. The fourth-order valence-corrected chi connectivity index (χ4v) is 5.53. The van der Waals surface area contributed by atoms with Crippen molar-refractivity contribution in [1.82, 2.24) is 24.4 Å². The van der Waals surface area contributed by atoms with Crippen LogP contribution in [0.15, 0.2) is 30.6 Å². The van der Waals surface area contributed by atoms with E-state index in [1.807, 2.05) is 11.2 Å². The SMILES string of the molecule is CCCC(=O)N1CCC(n2cnc3c(-c4cccc5c4C=CC5)nc(N4CCOCC4)nc32)CC1. The van der Waals surface area contributed by atoms with Gasteiger partial charge in [0, 0.05) is 44.2 Å². The number of allylic oxidation sites excluding steroid dienone is 1. The molecule has 0 saturated carbocycles. The second-order valence-electron chi connectivity index (χ2n) is 9.64. The molecule has 0 bridgehead atoms. The number of hydrogen-bond donors (Lipinski definition) is 0. The predicted molar refractivity (Wildman–Crippen MR) is 136 cm³/mol. The van der Waals surface area contributed by atoms with Gasteiger partial charge in [0.1, 0.15) is 11.2 Å². The van der Waals surface area contributed by atoms with Crippen LogP contribution in [0.5, 0.6) is 0 Å². The van der Waals surface area contributed by atoms with Crippen LogP contribution in [0.3, 0.4) is 0 Å². The number of carbonyl (C=O) groups is 1. The highest BCUT2D eigenvalue weighted by molar-refractivity contribution is 5.92. The molecule has 1 amide bonds. The normalized spacial score (nSPS) is 18.4. The lowest BCUT2D eigenvalue weighted by molar-refractivity contribution is -0.132. The van der Waals surface area contributed by atoms with Gasteiger partial charge in [0.2, 0.25) is 11.9 Å². The number of amides is 1. The van der Waals surface area contributed by atoms with E-state index < -0.39 is 0 Å². The number of rotatable bonds is 5. The molecule has 8 nitrogen and oxygen atoms in total. The molecule has 0 unspecified atom stereocenters. The van der Waals surface area contributed by atoms with Crippen molar-refractivity contribution in [2.24, 2.45) is 0 Å². The van der Waals surface area contributed by atoms with Gasteiger partial charge in [-0.15, -0.1) is 0 Å². The van der Waals surface area contributed by atoms with Crippen LogP contribution in [0, 0.1) is 0 Å². The Balaban J connectivity index is 1.41. The third kappa shape index (κ3) is 4.10. The molecule has 0 atom stereocenters. The number of ether oxygens (including phenoxy) is 1. The average Bonchev–Trinajstić information content (AvgIpc) is 3.56. The van der Waals surface area contributed by atoms with Crippen LogP contribution >= 0.6 is 0 Å². The van der Waals surface area contributed by atoms with E-state index in [-0.39, 0.29) is 11.9 Å². The lowest BCUT2D eigenvalue weighted by Gasteiger charge is -2.33. The molecule has 182 valence electrons. The third-order valence-corrected chi connectivity index (χ3v) is 7.45. The van der Waals surface area contributed by atoms with E-state index in [1.54, 1.807) is 0 Å². The molecule has 0 spiro atoms. The number of imidazole rings is 1. The number of piperidine rings is 1. The summed E-state index contributed by atoms with van der Waals surface area (Å²) in [6, 6.07) is 6.72. The summed E-state index contributed by atoms with van der Waals surface area (Å²) in [6.45, 7) is 6.56. The third-order valence-electron chi connectivity index (χ3n) is 7.45. The van der Waals surface area contributed by atoms with Crippen LogP contribution in [-0.2, 0) is 16.0 Å². The molecule has 1 aliphatic carbocycles. The number of benzene rings is 1. The van der Waals surface area contributed by atoms with Crippen molar-refractivity contribution in [3.05, 3.63) is 41.7 Å². The van der Waals surface area contributed by atoms with Crippen molar-refractivity contribution in [3.8, 4) is 11.3 Å². The molecule has 8 heteroatoms. The van der Waals surface area contributed by atoms with E-state index in [9.17, 15) is 4.79 Å². The Hall–Kier alpha value is -3.26. The highest BCUT2D eigenvalue weighted by atomic mass is 16.5. The zero-order chi connectivity index (χ0) is 23.8. The molecule has 2 fully saturated rings. The quantitative estimate of drug-likeness (QED) is 0.561. The van der Waals surface area contributed by atoms with E-state index in [0.29, 0.717) is 19.6 Å². The van der Waals surface area contributed by atoms with Crippen LogP contribution < -0.4 is 4.90 Å². The Bertz CT molecular complexity index is 1270. The first-order valence-electron chi connectivity index (χ1n) is 12.9. The van der Waals surface area contributed by atoms with E-state index in [1.165, 1.54) is 11.1 Å². The standard InChI is InChI=1S/C27H32N6O2/c1-2-5-23(34)31-12-10-20(11-13-31)33-18-28-25-24(22-9-4-7-19-6-3-8-21(19)22)29-27(30-26(25)33)32-14-16-35-17-15-32/h3-4,7-9,18,20H,2,5-6,10-17H2,1H3. The molecule has 0 N–H and O–H groups in total. The fourth-order valence-electron chi connectivity index (χ4n) is 5.53. The van der Waals surface area contributed by atoms with Gasteiger partial charge in [-0.3, -0.25) is 4.79 Å². The molecule has 4 heterocycles. The highest BCUT2D eigenvalue weighted by Gasteiger charge is 2.27. The van der Waals surface area contributed by atoms with Gasteiger partial charge in [-0.05, 0) is 36.8 Å². The van der Waals surface area contributed by atoms with Gasteiger partial charge in [0.15, 0.2) is 5.65 Å². The molecular weight excluding hydrogens is 440 g/mol. The van der Waals surface area contributed by atoms with Gasteiger partial charge < -0.3 is 19.1 Å². The molecular formula is C27H32N6O2. The van der Waals surface area contributed by atoms with Gasteiger partial charge >= 0.3 is 0 Å². The highest BCUT2D eigenvalue weighted by Crippen LogP contribution is 2.36. The Morgan fingerprint density at radius 1 is 1.11 bits per heavy atom. The molecule has 2 aromatic heterocycles. The number of morpholine rings is 1. The van der Waals surface area contributed by atoms with Gasteiger partial charge in [0.25, 0.3) is 0 Å². The van der Waals surface area contributed by atoms with E-state index >= 15 is 0 Å². The Morgan fingerprint density at radius 3 is 2.74 bits per heavy atom. The molecule has 1 aromatic carbocycles. The molecule has 0 radical (unpaired) electrons. The van der Waals surface area contributed by atoms with Crippen molar-refractivity contribution in [1.29, 1.82) is 0 Å². The van der Waals surface area contributed by atoms with Crippen molar-refractivity contribution in [2.75, 3.05) is 44.3 Å². The van der Waals surface area contributed by atoms with Crippen molar-refractivity contribution >= 4 is 29.1 Å². The summed E-state index contributed by atoms with van der Waals surface area (Å²) >= 11 is 0. The number of anilines is 1. The second-order valence-corrected chi connectivity index (χ2v) is 9.64. The van der Waals surface area contributed by atoms with Crippen LogP contribution in [0.25, 0.3) is 28.5 Å². The minimum Gasteiger partial charge on any atom is -0.378 e. The van der Waals surface area contributed by atoms with Crippen LogP contribution in [-0.4, -0.2) is 69.7 Å². The summed E-state index contributed by atoms with van der Waals surface area (Å²) in [6.07, 6.45) is 10.7. The van der Waals surface area contributed by atoms with Crippen LogP contribution in [0.2, 0.25) is 0 Å². The average molecular weight is 473 g/mol. The summed E-state index contributed by atoms with van der Waals surface area (Å²) in [5.74, 6) is 1.01. The lowest BCUT2D eigenvalue weighted by Crippen LogP contribution is -2.39. The fraction of sp³-hybridized carbons (Fsp3) is 0.481. The number of nitrogens with zero attached hydrogens (tertiary/aromatic N) is 6. The van der Waals surface area contributed by atoms with Crippen LogP contribution in [0.1, 0.15) is 49.8 Å². The number of aromatic nitrogens is 4. The predicted octanol–water partition coefficient (Wildman–Crippen LogP) is 3.86. The topological polar surface area (TPSA) is 76.4 Å². The van der Waals surface area contributed by atoms with E-state index in [4.69, 9.17) is 19.7 Å². The van der Waals surface area contributed by atoms with Crippen molar-refractivity contribution < 1.29 is 9.53 Å². The maximum absolute atomic E-state index is 12.4. The molecule has 2 saturated heterocycles. The Kier molecular flexibility index (Phi) is 5.98. The minimum atomic E-state index is 0.270. The molecule has 35 heavy (non-hydrogen) atoms. The van der Waals surface area contributed by atoms with Gasteiger partial charge in [-0.1, -0.05) is 37.3 Å². The first-order chi connectivity index (χ1) is 17.2. The zero-order valence-electron chi connectivity index (χ0n) is 20.3. The summed E-state index contributed by atoms with van der Waals surface area (Å²) in [7, 11) is 0. The molecule has 3 aliphatic rings. The maximum atomic E-state index is 12.4. The maximum Gasteiger partial charge on any atom is 0.228 e. The van der Waals surface area contributed by atoms with Gasteiger partial charge in [-0.25, -0.2) is 9.97 Å². The minimum absolute atomic E-state index is 0.270. The van der Waals surface area contributed by atoms with Gasteiger partial charge in [0.05, 0.1) is 19.5 Å². The molecule has 3 aromatic rings.